The summed E-state index contributed by atoms with van der Waals surface area (Å²) in [6, 6.07) is 3.97. The molecule has 0 spiro atoms. The molecule has 0 saturated carbocycles. The molecule has 1 rings (SSSR count). The van der Waals surface area contributed by atoms with Gasteiger partial charge < -0.3 is 10.4 Å². The van der Waals surface area contributed by atoms with Crippen LogP contribution in [0.3, 0.4) is 0 Å². The van der Waals surface area contributed by atoms with Gasteiger partial charge in [-0.2, -0.15) is 0 Å². The lowest BCUT2D eigenvalue weighted by molar-refractivity contribution is -0.137. The van der Waals surface area contributed by atoms with Gasteiger partial charge in [0, 0.05) is 18.8 Å². The second-order valence-electron chi connectivity index (χ2n) is 3.35. The smallest absolute Gasteiger partial charge is 0.303 e. The van der Waals surface area contributed by atoms with Crippen LogP contribution >= 0.6 is 0 Å². The average Bonchev–Trinajstić information content (AvgIpc) is 2.24. The highest BCUT2D eigenvalue weighted by Crippen LogP contribution is 1.96. The first-order chi connectivity index (χ1) is 7.29. The van der Waals surface area contributed by atoms with E-state index in [9.17, 15) is 4.79 Å². The molecule has 0 aliphatic carbocycles. The van der Waals surface area contributed by atoms with Crippen LogP contribution in [0.4, 0.5) is 0 Å². The average molecular weight is 208 g/mol. The van der Waals surface area contributed by atoms with Crippen molar-refractivity contribution >= 4 is 5.97 Å². The van der Waals surface area contributed by atoms with Gasteiger partial charge in [0.25, 0.3) is 0 Å². The summed E-state index contributed by atoms with van der Waals surface area (Å²) in [6.45, 7) is 1.64. The van der Waals surface area contributed by atoms with Crippen LogP contribution in [0.5, 0.6) is 0 Å². The zero-order chi connectivity index (χ0) is 10.9. The molecule has 0 atom stereocenters. The van der Waals surface area contributed by atoms with E-state index in [1.807, 2.05) is 12.1 Å². The molecule has 1 aromatic rings. The topological polar surface area (TPSA) is 62.2 Å². The quantitative estimate of drug-likeness (QED) is 0.658. The first kappa shape index (κ1) is 11.7. The Hall–Kier alpha value is -1.42. The van der Waals surface area contributed by atoms with Gasteiger partial charge in [-0.15, -0.1) is 0 Å². The number of hydrogen-bond acceptors (Lipinski definition) is 3. The number of aliphatic carboxylic acids is 1. The first-order valence-corrected chi connectivity index (χ1v) is 5.10. The molecule has 15 heavy (non-hydrogen) atoms. The van der Waals surface area contributed by atoms with E-state index in [1.54, 1.807) is 12.4 Å². The van der Waals surface area contributed by atoms with Gasteiger partial charge in [-0.25, -0.2) is 0 Å². The van der Waals surface area contributed by atoms with E-state index in [2.05, 4.69) is 10.3 Å². The molecular formula is C11H16N2O2. The number of nitrogens with zero attached hydrogens (tertiary/aromatic N) is 1. The van der Waals surface area contributed by atoms with Crippen molar-refractivity contribution < 1.29 is 9.90 Å². The maximum Gasteiger partial charge on any atom is 0.303 e. The van der Waals surface area contributed by atoms with Crippen LogP contribution in [0.2, 0.25) is 0 Å². The summed E-state index contributed by atoms with van der Waals surface area (Å²) < 4.78 is 0. The van der Waals surface area contributed by atoms with E-state index in [4.69, 9.17) is 5.11 Å². The van der Waals surface area contributed by atoms with Gasteiger partial charge >= 0.3 is 5.97 Å². The molecule has 0 aliphatic heterocycles. The Morgan fingerprint density at radius 2 is 2.07 bits per heavy atom. The standard InChI is InChI=1S/C11H16N2O2/c14-11(15)2-1-6-12-7-3-10-4-8-13-9-5-10/h4-5,8-9,12H,1-3,6-7H2,(H,14,15). The molecule has 82 valence electrons. The van der Waals surface area contributed by atoms with Crippen LogP contribution in [0.1, 0.15) is 18.4 Å². The van der Waals surface area contributed by atoms with Gasteiger partial charge in [-0.3, -0.25) is 9.78 Å². The van der Waals surface area contributed by atoms with E-state index < -0.39 is 5.97 Å². The molecule has 0 aliphatic rings. The maximum atomic E-state index is 10.2. The summed E-state index contributed by atoms with van der Waals surface area (Å²) in [4.78, 5) is 14.2. The summed E-state index contributed by atoms with van der Waals surface area (Å²) in [5.41, 5.74) is 1.25. The lowest BCUT2D eigenvalue weighted by Crippen LogP contribution is -2.19. The number of carbonyl (C=O) groups is 1. The molecule has 0 amide bonds. The fourth-order valence-electron chi connectivity index (χ4n) is 1.27. The van der Waals surface area contributed by atoms with E-state index >= 15 is 0 Å². The van der Waals surface area contributed by atoms with Crippen LogP contribution in [-0.2, 0) is 11.2 Å². The number of aromatic nitrogens is 1. The minimum atomic E-state index is -0.731. The van der Waals surface area contributed by atoms with Crippen molar-refractivity contribution in [1.82, 2.24) is 10.3 Å². The van der Waals surface area contributed by atoms with E-state index in [0.29, 0.717) is 6.42 Å². The molecule has 4 nitrogen and oxygen atoms in total. The number of rotatable bonds is 7. The number of carboxylic acid groups (broad SMARTS) is 1. The molecule has 1 heterocycles. The Morgan fingerprint density at radius 3 is 2.73 bits per heavy atom. The van der Waals surface area contributed by atoms with Gasteiger partial charge in [0.15, 0.2) is 0 Å². The highest BCUT2D eigenvalue weighted by molar-refractivity contribution is 5.66. The lowest BCUT2D eigenvalue weighted by atomic mass is 10.2. The summed E-state index contributed by atoms with van der Waals surface area (Å²) in [7, 11) is 0. The Labute approximate surface area is 89.3 Å². The van der Waals surface area contributed by atoms with Crippen molar-refractivity contribution in [3.8, 4) is 0 Å². The lowest BCUT2D eigenvalue weighted by Gasteiger charge is -2.03. The third kappa shape index (κ3) is 5.80. The highest BCUT2D eigenvalue weighted by atomic mass is 16.4. The number of hydrogen-bond donors (Lipinski definition) is 2. The van der Waals surface area contributed by atoms with E-state index in [0.717, 1.165) is 19.5 Å². The minimum absolute atomic E-state index is 0.238. The summed E-state index contributed by atoms with van der Waals surface area (Å²) in [5.74, 6) is -0.731. The fraction of sp³-hybridized carbons (Fsp3) is 0.455. The Kier molecular flexibility index (Phi) is 5.40. The van der Waals surface area contributed by atoms with Gasteiger partial charge in [0.2, 0.25) is 0 Å². The number of pyridine rings is 1. The number of nitrogens with one attached hydrogen (secondary N) is 1. The van der Waals surface area contributed by atoms with Crippen LogP contribution in [-0.4, -0.2) is 29.1 Å². The molecule has 4 heteroatoms. The molecule has 0 bridgehead atoms. The normalized spacial score (nSPS) is 10.1. The Bertz CT molecular complexity index is 288. The Balaban J connectivity index is 2.00. The molecule has 0 unspecified atom stereocenters. The van der Waals surface area contributed by atoms with Crippen molar-refractivity contribution in [1.29, 1.82) is 0 Å². The second kappa shape index (κ2) is 6.95. The van der Waals surface area contributed by atoms with Crippen molar-refractivity contribution in [2.24, 2.45) is 0 Å². The van der Waals surface area contributed by atoms with Gasteiger partial charge in [0.05, 0.1) is 0 Å². The molecule has 0 fully saturated rings. The van der Waals surface area contributed by atoms with Crippen LogP contribution in [0.25, 0.3) is 0 Å². The number of carboxylic acids is 1. The third-order valence-electron chi connectivity index (χ3n) is 2.08. The van der Waals surface area contributed by atoms with Crippen LogP contribution in [0.15, 0.2) is 24.5 Å². The highest BCUT2D eigenvalue weighted by Gasteiger charge is 1.95. The largest absolute Gasteiger partial charge is 0.481 e. The van der Waals surface area contributed by atoms with Crippen molar-refractivity contribution in [2.45, 2.75) is 19.3 Å². The minimum Gasteiger partial charge on any atom is -0.481 e. The van der Waals surface area contributed by atoms with E-state index in [1.165, 1.54) is 5.56 Å². The predicted molar refractivity (Wildman–Crippen MR) is 57.7 cm³/mol. The third-order valence-corrected chi connectivity index (χ3v) is 2.08. The summed E-state index contributed by atoms with van der Waals surface area (Å²) in [6.07, 6.45) is 5.43. The fourth-order valence-corrected chi connectivity index (χ4v) is 1.27. The molecule has 0 saturated heterocycles. The van der Waals surface area contributed by atoms with E-state index in [-0.39, 0.29) is 6.42 Å². The van der Waals surface area contributed by atoms with Gasteiger partial charge in [-0.1, -0.05) is 0 Å². The van der Waals surface area contributed by atoms with Crippen LogP contribution < -0.4 is 5.32 Å². The first-order valence-electron chi connectivity index (χ1n) is 5.10. The Morgan fingerprint density at radius 1 is 1.33 bits per heavy atom. The monoisotopic (exact) mass is 208 g/mol. The predicted octanol–water partition coefficient (Wildman–Crippen LogP) is 1.08. The zero-order valence-corrected chi connectivity index (χ0v) is 8.65. The second-order valence-corrected chi connectivity index (χ2v) is 3.35. The van der Waals surface area contributed by atoms with Crippen molar-refractivity contribution in [3.63, 3.8) is 0 Å². The molecule has 1 aromatic heterocycles. The SMILES string of the molecule is O=C(O)CCCNCCc1ccncc1. The molecule has 0 aromatic carbocycles. The molecular weight excluding hydrogens is 192 g/mol. The molecule has 0 radical (unpaired) electrons. The van der Waals surface area contributed by atoms with Crippen LogP contribution in [0, 0.1) is 0 Å². The van der Waals surface area contributed by atoms with Crippen molar-refractivity contribution in [2.75, 3.05) is 13.1 Å². The zero-order valence-electron chi connectivity index (χ0n) is 8.65. The summed E-state index contributed by atoms with van der Waals surface area (Å²) in [5, 5.41) is 11.6. The van der Waals surface area contributed by atoms with Gasteiger partial charge in [0.1, 0.15) is 0 Å². The van der Waals surface area contributed by atoms with Crippen molar-refractivity contribution in [3.05, 3.63) is 30.1 Å². The maximum absolute atomic E-state index is 10.2. The molecule has 2 N–H and O–H groups in total. The van der Waals surface area contributed by atoms with Gasteiger partial charge in [-0.05, 0) is 43.6 Å². The summed E-state index contributed by atoms with van der Waals surface area (Å²) >= 11 is 0.